The Morgan fingerprint density at radius 3 is 1.34 bits per heavy atom. The quantitative estimate of drug-likeness (QED) is 0.166. The molecule has 0 saturated heterocycles. The van der Waals surface area contributed by atoms with Gasteiger partial charge in [-0.15, -0.1) is 38.7 Å². The van der Waals surface area contributed by atoms with Crippen LogP contribution in [0.15, 0.2) is 83.3 Å². The van der Waals surface area contributed by atoms with Gasteiger partial charge in [0.1, 0.15) is 121 Å². The van der Waals surface area contributed by atoms with Crippen molar-refractivity contribution in [1.29, 1.82) is 0 Å². The normalized spacial score (nSPS) is 11.7. The third-order valence-corrected chi connectivity index (χ3v) is 13.0. The van der Waals surface area contributed by atoms with Crippen LogP contribution in [0.5, 0.6) is 0 Å². The number of thiophene rings is 1. The molecule has 10 rings (SSSR count). The van der Waals surface area contributed by atoms with Gasteiger partial charge in [0, 0.05) is 42.2 Å². The minimum atomic E-state index is -0.0205. The lowest BCUT2D eigenvalue weighted by molar-refractivity contribution is 0.675. The minimum absolute atomic E-state index is 0.00562. The standard InChI is InChI=1S/C45H13B14N3OS/c46-25-20-21-26(47)30(51)33(54)36(57)40(21)63-39(20)35(56)29(50)24(25)45-61-43(18-11-5-10-17(13-18)16-9-4-8-15(12-16)14-6-2-1-3-7-14)60-44(62-45)23-19-22-27(48)31(52)34(55)38(59)42(22)64-41(19)37(58)32(53)28(23)49/h1-13H. The largest absolute Gasteiger partial charge is 0.457 e. The van der Waals surface area contributed by atoms with Crippen molar-refractivity contribution in [2.75, 3.05) is 0 Å². The summed E-state index contributed by atoms with van der Waals surface area (Å²) in [6.45, 7) is 0. The zero-order valence-electron chi connectivity index (χ0n) is 33.7. The van der Waals surface area contributed by atoms with E-state index >= 15 is 0 Å². The zero-order chi connectivity index (χ0) is 45.2. The van der Waals surface area contributed by atoms with Gasteiger partial charge in [0.2, 0.25) is 0 Å². The maximum absolute atomic E-state index is 7.09. The Hall–Kier alpha value is -5.52. The lowest BCUT2D eigenvalue weighted by Gasteiger charge is -2.19. The number of furan rings is 1. The highest BCUT2D eigenvalue weighted by atomic mass is 32.1. The summed E-state index contributed by atoms with van der Waals surface area (Å²) in [4.78, 5) is 15.1. The van der Waals surface area contributed by atoms with Gasteiger partial charge in [0.15, 0.2) is 17.5 Å². The molecule has 19 heteroatoms. The molecular weight excluding hydrogens is 782 g/mol. The van der Waals surface area contributed by atoms with Crippen LogP contribution in [0.2, 0.25) is 0 Å². The Kier molecular flexibility index (Phi) is 10.3. The Labute approximate surface area is 392 Å². The van der Waals surface area contributed by atoms with E-state index in [4.69, 9.17) is 129 Å². The second kappa shape index (κ2) is 15.6. The number of fused-ring (bicyclic) bond motifs is 6. The average molecular weight is 795 g/mol. The third-order valence-electron chi connectivity index (χ3n) is 11.8. The lowest BCUT2D eigenvalue weighted by Crippen LogP contribution is -2.47. The summed E-state index contributed by atoms with van der Waals surface area (Å²) in [5, 5.41) is 1.40. The second-order valence-electron chi connectivity index (χ2n) is 15.4. The number of benzene rings is 7. The monoisotopic (exact) mass is 797 g/mol. The van der Waals surface area contributed by atoms with Gasteiger partial charge in [-0.1, -0.05) is 116 Å². The van der Waals surface area contributed by atoms with Gasteiger partial charge in [-0.3, -0.25) is 0 Å². The maximum atomic E-state index is 7.09. The van der Waals surface area contributed by atoms with Crippen LogP contribution >= 0.6 is 11.3 Å². The van der Waals surface area contributed by atoms with E-state index in [-0.39, 0.29) is 127 Å². The predicted molar refractivity (Wildman–Crippen MR) is 283 cm³/mol. The molecule has 3 aromatic heterocycles. The van der Waals surface area contributed by atoms with Gasteiger partial charge in [0.25, 0.3) is 0 Å². The molecule has 0 bridgehead atoms. The van der Waals surface area contributed by atoms with E-state index in [1.807, 2.05) is 54.6 Å². The highest BCUT2D eigenvalue weighted by molar-refractivity contribution is 7.28. The summed E-state index contributed by atoms with van der Waals surface area (Å²) >= 11 is 1.22. The molecule has 0 amide bonds. The maximum Gasteiger partial charge on any atom is 0.164 e. The molecule has 0 N–H and O–H groups in total. The molecule has 0 spiro atoms. The molecule has 3 heterocycles. The Bertz CT molecular complexity index is 3690. The van der Waals surface area contributed by atoms with Gasteiger partial charge >= 0.3 is 0 Å². The molecule has 0 aliphatic heterocycles. The van der Waals surface area contributed by atoms with E-state index in [1.165, 1.54) is 11.3 Å². The van der Waals surface area contributed by atoms with Gasteiger partial charge in [-0.25, -0.2) is 15.0 Å². The zero-order valence-corrected chi connectivity index (χ0v) is 34.6. The molecule has 4 nitrogen and oxygen atoms in total. The van der Waals surface area contributed by atoms with E-state index in [9.17, 15) is 0 Å². The first kappa shape index (κ1) is 42.4. The lowest BCUT2D eigenvalue weighted by atomic mass is 9.64. The Morgan fingerprint density at radius 2 is 0.719 bits per heavy atom. The fraction of sp³-hybridized carbons (Fsp3) is 0. The highest BCUT2D eigenvalue weighted by Crippen LogP contribution is 2.37. The first-order chi connectivity index (χ1) is 30.6. The van der Waals surface area contributed by atoms with Crippen LogP contribution < -0.4 is 76.5 Å². The molecule has 0 aliphatic rings. The molecule has 7 aromatic carbocycles. The van der Waals surface area contributed by atoms with Crippen LogP contribution in [0.25, 0.3) is 98.5 Å². The SMILES string of the molecule is [B]c1c([B])c([B])c2c(oc3c([B])c([B])c(-c4nc(-c5cccc(-c6cccc(-c7ccccc7)c6)c5)nc(-c5c([B])c([B])c([B])c6sc7c([B])c([B])c([B])c([B])c7c56)n4)c([B])c32)c1[B]. The van der Waals surface area contributed by atoms with E-state index in [2.05, 4.69) is 24.3 Å². The molecule has 28 radical (unpaired) electrons. The first-order valence-corrected chi connectivity index (χ1v) is 20.3. The summed E-state index contributed by atoms with van der Waals surface area (Å²) in [6.07, 6.45) is 0. The molecule has 0 atom stereocenters. The van der Waals surface area contributed by atoms with Crippen molar-refractivity contribution in [3.8, 4) is 56.4 Å². The van der Waals surface area contributed by atoms with Crippen molar-refractivity contribution in [3.63, 3.8) is 0 Å². The van der Waals surface area contributed by atoms with Crippen molar-refractivity contribution in [3.05, 3.63) is 78.9 Å². The first-order valence-electron chi connectivity index (χ1n) is 19.5. The fourth-order valence-corrected chi connectivity index (χ4v) is 9.60. The Balaban J connectivity index is 1.30. The van der Waals surface area contributed by atoms with Crippen LogP contribution in [0.3, 0.4) is 0 Å². The van der Waals surface area contributed by atoms with Crippen molar-refractivity contribution < 1.29 is 4.42 Å². The molecule has 0 unspecified atom stereocenters. The van der Waals surface area contributed by atoms with Crippen molar-refractivity contribution >= 4 is 240 Å². The molecular formula is C45H13B14N3OS. The van der Waals surface area contributed by atoms with Crippen molar-refractivity contribution in [1.82, 2.24) is 15.0 Å². The van der Waals surface area contributed by atoms with E-state index in [1.54, 1.807) is 0 Å². The minimum Gasteiger partial charge on any atom is -0.457 e. The molecule has 0 aliphatic carbocycles. The summed E-state index contributed by atoms with van der Waals surface area (Å²) in [5.74, 6) is 0.215. The number of aromatic nitrogens is 3. The van der Waals surface area contributed by atoms with Gasteiger partial charge in [-0.05, 0) is 39.8 Å². The summed E-state index contributed by atoms with van der Waals surface area (Å²) in [7, 11) is 92.5. The molecule has 262 valence electrons. The summed E-state index contributed by atoms with van der Waals surface area (Å²) in [6, 6.07) is 26.0. The van der Waals surface area contributed by atoms with E-state index in [0.717, 1.165) is 22.3 Å². The van der Waals surface area contributed by atoms with Crippen LogP contribution in [-0.4, -0.2) is 125 Å². The van der Waals surface area contributed by atoms with Crippen molar-refractivity contribution in [2.45, 2.75) is 0 Å². The van der Waals surface area contributed by atoms with E-state index < -0.39 is 0 Å². The molecule has 10 aromatic rings. The van der Waals surface area contributed by atoms with Crippen LogP contribution in [0.4, 0.5) is 0 Å². The van der Waals surface area contributed by atoms with Crippen LogP contribution in [0, 0.1) is 0 Å². The molecule has 64 heavy (non-hydrogen) atoms. The number of hydrogen-bond acceptors (Lipinski definition) is 5. The second-order valence-corrected chi connectivity index (χ2v) is 16.4. The Morgan fingerprint density at radius 1 is 0.312 bits per heavy atom. The van der Waals surface area contributed by atoms with Crippen molar-refractivity contribution in [2.24, 2.45) is 0 Å². The fourth-order valence-electron chi connectivity index (χ4n) is 8.34. The summed E-state index contributed by atoms with van der Waals surface area (Å²) < 4.78 is 7.16. The summed E-state index contributed by atoms with van der Waals surface area (Å²) in [5.41, 5.74) is 6.14. The topological polar surface area (TPSA) is 51.8 Å². The van der Waals surface area contributed by atoms with E-state index in [0.29, 0.717) is 25.7 Å². The molecule has 0 fully saturated rings. The smallest absolute Gasteiger partial charge is 0.164 e. The third kappa shape index (κ3) is 6.27. The van der Waals surface area contributed by atoms with Crippen LogP contribution in [-0.2, 0) is 0 Å². The van der Waals surface area contributed by atoms with Gasteiger partial charge in [0.05, 0.1) is 0 Å². The number of rotatable bonds is 5. The number of nitrogens with zero attached hydrogens (tertiary/aromatic N) is 3. The highest BCUT2D eigenvalue weighted by Gasteiger charge is 2.27. The number of hydrogen-bond donors (Lipinski definition) is 0. The predicted octanol–water partition coefficient (Wildman–Crippen LogP) is -4.41. The average Bonchev–Trinajstić information content (AvgIpc) is 3.92. The molecule has 0 saturated carbocycles. The van der Waals surface area contributed by atoms with Gasteiger partial charge in [-0.2, -0.15) is 0 Å². The van der Waals surface area contributed by atoms with Gasteiger partial charge < -0.3 is 4.42 Å². The van der Waals surface area contributed by atoms with Crippen LogP contribution in [0.1, 0.15) is 0 Å².